The summed E-state index contributed by atoms with van der Waals surface area (Å²) in [5.41, 5.74) is 3.12. The van der Waals surface area contributed by atoms with Crippen LogP contribution in [0.2, 0.25) is 0 Å². The maximum absolute atomic E-state index is 12.4. The van der Waals surface area contributed by atoms with Crippen molar-refractivity contribution in [3.05, 3.63) is 53.6 Å². The topological polar surface area (TPSA) is 62.4 Å². The van der Waals surface area contributed by atoms with E-state index in [9.17, 15) is 4.79 Å². The van der Waals surface area contributed by atoms with Gasteiger partial charge in [-0.1, -0.05) is 36.4 Å². The summed E-state index contributed by atoms with van der Waals surface area (Å²) in [5, 5.41) is 14.2. The Morgan fingerprint density at radius 3 is 2.28 bits per heavy atom. The van der Waals surface area contributed by atoms with Gasteiger partial charge < -0.3 is 15.4 Å². The molecule has 32 heavy (non-hydrogen) atoms. The second-order valence-electron chi connectivity index (χ2n) is 9.61. The van der Waals surface area contributed by atoms with Gasteiger partial charge in [0.05, 0.1) is 5.69 Å². The fourth-order valence-corrected chi connectivity index (χ4v) is 4.57. The van der Waals surface area contributed by atoms with Gasteiger partial charge in [-0.15, -0.1) is 0 Å². The Kier molecular flexibility index (Phi) is 6.97. The Morgan fingerprint density at radius 1 is 0.906 bits per heavy atom. The van der Waals surface area contributed by atoms with Crippen molar-refractivity contribution < 1.29 is 9.53 Å². The van der Waals surface area contributed by atoms with Crippen molar-refractivity contribution in [2.24, 2.45) is 0 Å². The zero-order chi connectivity index (χ0) is 22.6. The summed E-state index contributed by atoms with van der Waals surface area (Å²) in [5.74, 6) is 0. The number of nitrogens with one attached hydrogen (secondary N) is 3. The number of ether oxygens (including phenoxy) is 1. The van der Waals surface area contributed by atoms with Gasteiger partial charge in [0.25, 0.3) is 0 Å². The number of carbonyl (C=O) groups is 1. The summed E-state index contributed by atoms with van der Waals surface area (Å²) in [7, 11) is 0. The van der Waals surface area contributed by atoms with Crippen LogP contribution in [0.1, 0.15) is 44.7 Å². The lowest BCUT2D eigenvalue weighted by Crippen LogP contribution is -2.39. The summed E-state index contributed by atoms with van der Waals surface area (Å²) in [6, 6.07) is 14.9. The molecule has 1 aliphatic carbocycles. The summed E-state index contributed by atoms with van der Waals surface area (Å²) in [4.78, 5) is 12.4. The molecule has 5 rings (SSSR count). The molecule has 2 aliphatic rings. The normalized spacial score (nSPS) is 16.1. The maximum atomic E-state index is 12.4. The van der Waals surface area contributed by atoms with Crippen LogP contribution in [0.3, 0.4) is 0 Å². The minimum atomic E-state index is -0.518. The van der Waals surface area contributed by atoms with Crippen LogP contribution in [0.5, 0.6) is 0 Å². The van der Waals surface area contributed by atoms with Gasteiger partial charge in [0.15, 0.2) is 0 Å². The molecule has 3 N–H and O–H groups in total. The van der Waals surface area contributed by atoms with Crippen LogP contribution in [0, 0.1) is 0 Å². The van der Waals surface area contributed by atoms with Crippen molar-refractivity contribution in [2.75, 3.05) is 31.5 Å². The third-order valence-electron chi connectivity index (χ3n) is 5.95. The molecule has 170 valence electrons. The fraction of sp³-hybridized carbons (Fsp3) is 0.444. The van der Waals surface area contributed by atoms with Crippen molar-refractivity contribution in [1.29, 1.82) is 0 Å². The van der Waals surface area contributed by atoms with Gasteiger partial charge in [-0.3, -0.25) is 5.32 Å². The number of piperazine rings is 1. The quantitative estimate of drug-likeness (QED) is 0.450. The van der Waals surface area contributed by atoms with E-state index in [0.29, 0.717) is 0 Å². The molecule has 3 aromatic carbocycles. The average Bonchev–Trinajstić information content (AvgIpc) is 2.79. The first kappa shape index (κ1) is 22.6. The van der Waals surface area contributed by atoms with E-state index in [4.69, 9.17) is 4.74 Å². The number of aryl methyl sites for hydroxylation is 2. The average molecular weight is 434 g/mol. The number of hydrogen-bond acceptors (Lipinski definition) is 4. The zero-order valence-electron chi connectivity index (χ0n) is 19.5. The molecule has 0 bridgehead atoms. The first-order valence-corrected chi connectivity index (χ1v) is 11.8. The van der Waals surface area contributed by atoms with Gasteiger partial charge in [-0.2, -0.15) is 0 Å². The van der Waals surface area contributed by atoms with Gasteiger partial charge in [0, 0.05) is 31.6 Å². The zero-order valence-corrected chi connectivity index (χ0v) is 19.5. The van der Waals surface area contributed by atoms with Crippen LogP contribution in [0.15, 0.2) is 42.5 Å². The van der Waals surface area contributed by atoms with Crippen molar-refractivity contribution in [1.82, 2.24) is 10.6 Å². The number of hydrogen-bond donors (Lipinski definition) is 3. The molecule has 0 spiro atoms. The van der Waals surface area contributed by atoms with Gasteiger partial charge >= 0.3 is 6.09 Å². The van der Waals surface area contributed by atoms with Crippen molar-refractivity contribution in [2.45, 2.75) is 52.1 Å². The Morgan fingerprint density at radius 2 is 1.59 bits per heavy atom. The van der Waals surface area contributed by atoms with E-state index < -0.39 is 11.7 Å². The molecular formula is C27H35N3O2. The first-order valence-electron chi connectivity index (χ1n) is 11.8. The third kappa shape index (κ3) is 5.40. The number of anilines is 1. The number of fused-ring (bicyclic) bond motifs is 5. The van der Waals surface area contributed by atoms with E-state index >= 15 is 0 Å². The van der Waals surface area contributed by atoms with Crippen LogP contribution < -0.4 is 16.0 Å². The second kappa shape index (κ2) is 9.88. The molecule has 0 radical (unpaired) electrons. The lowest BCUT2D eigenvalue weighted by Gasteiger charge is -2.23. The van der Waals surface area contributed by atoms with E-state index in [0.717, 1.165) is 50.1 Å². The predicted octanol–water partition coefficient (Wildman–Crippen LogP) is 5.40. The van der Waals surface area contributed by atoms with Gasteiger partial charge in [-0.25, -0.2) is 4.79 Å². The Hall–Kier alpha value is -2.63. The van der Waals surface area contributed by atoms with Gasteiger partial charge in [0.1, 0.15) is 5.60 Å². The molecule has 0 saturated carbocycles. The Labute approximate surface area is 190 Å². The number of rotatable bonds is 1. The molecule has 1 amide bonds. The largest absolute Gasteiger partial charge is 0.444 e. The molecule has 0 aromatic heterocycles. The molecule has 0 atom stereocenters. The van der Waals surface area contributed by atoms with Crippen molar-refractivity contribution in [3.63, 3.8) is 0 Å². The summed E-state index contributed by atoms with van der Waals surface area (Å²) < 4.78 is 5.50. The van der Waals surface area contributed by atoms with E-state index in [1.54, 1.807) is 0 Å². The molecule has 1 aliphatic heterocycles. The molecular weight excluding hydrogens is 398 g/mol. The Bertz CT molecular complexity index is 1090. The maximum Gasteiger partial charge on any atom is 0.412 e. The van der Waals surface area contributed by atoms with E-state index in [1.807, 2.05) is 26.8 Å². The van der Waals surface area contributed by atoms with Gasteiger partial charge in [0.2, 0.25) is 0 Å². The summed E-state index contributed by atoms with van der Waals surface area (Å²) in [6.07, 6.45) is 4.21. The monoisotopic (exact) mass is 433 g/mol. The highest BCUT2D eigenvalue weighted by atomic mass is 16.6. The Balaban J connectivity index is 0.000000354. The minimum Gasteiger partial charge on any atom is -0.444 e. The molecule has 5 nitrogen and oxygen atoms in total. The lowest BCUT2D eigenvalue weighted by molar-refractivity contribution is 0.0636. The first-order chi connectivity index (χ1) is 15.4. The second-order valence-corrected chi connectivity index (χ2v) is 9.61. The summed E-state index contributed by atoms with van der Waals surface area (Å²) >= 11 is 0. The number of carbonyl (C=O) groups excluding carboxylic acids is 1. The molecule has 1 saturated heterocycles. The van der Waals surface area contributed by atoms with Crippen molar-refractivity contribution >= 4 is 33.3 Å². The van der Waals surface area contributed by atoms with E-state index in [2.05, 4.69) is 52.3 Å². The standard InChI is InChI=1S/C23H25NO2.C4H10N2/c1-23(2,3)26-22(25)24-20-14-16-9-5-6-10-17(16)19-13-12-15-8-4-7-11-18(15)21(19)20;1-2-6-4-3-5-1/h5-6,9-10,12-14H,4,7-8,11H2,1-3H3,(H,24,25);5-6H,1-4H2. The van der Waals surface area contributed by atoms with Crippen LogP contribution in [0.25, 0.3) is 21.5 Å². The fourth-order valence-electron chi connectivity index (χ4n) is 4.57. The molecule has 1 fully saturated rings. The highest BCUT2D eigenvalue weighted by molar-refractivity contribution is 6.16. The van der Waals surface area contributed by atoms with Crippen LogP contribution >= 0.6 is 0 Å². The van der Waals surface area contributed by atoms with Crippen LogP contribution in [0.4, 0.5) is 10.5 Å². The number of amides is 1. The molecule has 0 unspecified atom stereocenters. The molecule has 1 heterocycles. The highest BCUT2D eigenvalue weighted by Gasteiger charge is 2.20. The smallest absolute Gasteiger partial charge is 0.412 e. The van der Waals surface area contributed by atoms with E-state index in [1.165, 1.54) is 40.1 Å². The van der Waals surface area contributed by atoms with Gasteiger partial charge in [-0.05, 0) is 79.8 Å². The summed E-state index contributed by atoms with van der Waals surface area (Å²) in [6.45, 7) is 10.2. The predicted molar refractivity (Wildman–Crippen MR) is 134 cm³/mol. The molecule has 5 heteroatoms. The minimum absolute atomic E-state index is 0.400. The SMILES string of the molecule is C1CNCCN1.CC(C)(C)OC(=O)Nc1cc2ccccc2c2ccc3c(c12)CCCC3. The van der Waals surface area contributed by atoms with Crippen LogP contribution in [-0.2, 0) is 17.6 Å². The van der Waals surface area contributed by atoms with Crippen molar-refractivity contribution in [3.8, 4) is 0 Å². The third-order valence-corrected chi connectivity index (χ3v) is 5.95. The number of benzene rings is 3. The van der Waals surface area contributed by atoms with E-state index in [-0.39, 0.29) is 0 Å². The molecule has 3 aromatic rings. The highest BCUT2D eigenvalue weighted by Crippen LogP contribution is 2.38. The van der Waals surface area contributed by atoms with Crippen LogP contribution in [-0.4, -0.2) is 37.9 Å². The lowest BCUT2D eigenvalue weighted by atomic mass is 9.85.